The van der Waals surface area contributed by atoms with Gasteiger partial charge in [-0.1, -0.05) is 19.0 Å². The maximum Gasteiger partial charge on any atom is 0.273 e. The topological polar surface area (TPSA) is 93.4 Å². The first-order chi connectivity index (χ1) is 13.1. The number of ether oxygens (including phenoxy) is 1. The fraction of sp³-hybridized carbons (Fsp3) is 0.579. The molecule has 4 heterocycles. The van der Waals surface area contributed by atoms with Crippen LogP contribution in [-0.4, -0.2) is 46.8 Å². The minimum absolute atomic E-state index is 0.0356. The van der Waals surface area contributed by atoms with Gasteiger partial charge in [-0.2, -0.15) is 0 Å². The Balaban J connectivity index is 1.41. The quantitative estimate of drug-likeness (QED) is 0.879. The third-order valence-electron chi connectivity index (χ3n) is 5.05. The summed E-state index contributed by atoms with van der Waals surface area (Å²) in [6.45, 7) is 6.89. The van der Waals surface area contributed by atoms with E-state index in [1.807, 2.05) is 20.0 Å². The SMILES string of the molecule is CC(C)c1cc(C(=O)N[C@@H]2CCCN(c3ncc4c(n3)CCOC4)C2)no1. The summed E-state index contributed by atoms with van der Waals surface area (Å²) in [5.41, 5.74) is 2.47. The zero-order valence-corrected chi connectivity index (χ0v) is 15.8. The van der Waals surface area contributed by atoms with Crippen molar-refractivity contribution in [3.05, 3.63) is 35.0 Å². The molecule has 27 heavy (non-hydrogen) atoms. The summed E-state index contributed by atoms with van der Waals surface area (Å²) < 4.78 is 10.7. The highest BCUT2D eigenvalue weighted by Gasteiger charge is 2.25. The molecule has 2 aliphatic heterocycles. The Morgan fingerprint density at radius 3 is 3.11 bits per heavy atom. The van der Waals surface area contributed by atoms with Crippen molar-refractivity contribution < 1.29 is 14.1 Å². The second-order valence-electron chi connectivity index (χ2n) is 7.47. The van der Waals surface area contributed by atoms with Gasteiger partial charge in [0.1, 0.15) is 5.76 Å². The van der Waals surface area contributed by atoms with Crippen molar-refractivity contribution in [2.24, 2.45) is 0 Å². The smallest absolute Gasteiger partial charge is 0.273 e. The summed E-state index contributed by atoms with van der Waals surface area (Å²) in [6.07, 6.45) is 4.59. The third kappa shape index (κ3) is 3.95. The number of anilines is 1. The number of piperidine rings is 1. The van der Waals surface area contributed by atoms with Crippen LogP contribution in [0.15, 0.2) is 16.8 Å². The molecule has 2 aromatic heterocycles. The van der Waals surface area contributed by atoms with E-state index in [0.29, 0.717) is 25.5 Å². The van der Waals surface area contributed by atoms with E-state index in [9.17, 15) is 4.79 Å². The van der Waals surface area contributed by atoms with E-state index in [2.05, 4.69) is 20.4 Å². The highest BCUT2D eigenvalue weighted by Crippen LogP contribution is 2.21. The van der Waals surface area contributed by atoms with E-state index in [0.717, 1.165) is 48.8 Å². The lowest BCUT2D eigenvalue weighted by Crippen LogP contribution is -2.48. The van der Waals surface area contributed by atoms with Gasteiger partial charge in [0.15, 0.2) is 5.69 Å². The highest BCUT2D eigenvalue weighted by molar-refractivity contribution is 5.92. The number of aromatic nitrogens is 3. The zero-order chi connectivity index (χ0) is 18.8. The Hall–Kier alpha value is -2.48. The molecule has 4 rings (SSSR count). The average Bonchev–Trinajstić information content (AvgIpc) is 3.19. The predicted molar refractivity (Wildman–Crippen MR) is 98.7 cm³/mol. The normalized spacial score (nSPS) is 19.8. The van der Waals surface area contributed by atoms with E-state index >= 15 is 0 Å². The van der Waals surface area contributed by atoms with Crippen LogP contribution < -0.4 is 10.2 Å². The standard InChI is InChI=1S/C19H25N5O3/c1-12(2)17-8-16(23-27-17)18(25)21-14-4-3-6-24(10-14)19-20-9-13-11-26-7-5-15(13)22-19/h8-9,12,14H,3-7,10-11H2,1-2H3,(H,21,25)/t14-/m1/s1. The van der Waals surface area contributed by atoms with Crippen LogP contribution in [0.4, 0.5) is 5.95 Å². The molecule has 1 atom stereocenters. The number of hydrogen-bond acceptors (Lipinski definition) is 7. The molecule has 0 aromatic carbocycles. The second-order valence-corrected chi connectivity index (χ2v) is 7.47. The predicted octanol–water partition coefficient (Wildman–Crippen LogP) is 2.06. The van der Waals surface area contributed by atoms with Crippen LogP contribution in [0.2, 0.25) is 0 Å². The number of hydrogen-bond donors (Lipinski definition) is 1. The Kier molecular flexibility index (Phi) is 5.07. The second kappa shape index (κ2) is 7.64. The van der Waals surface area contributed by atoms with Gasteiger partial charge < -0.3 is 19.5 Å². The summed E-state index contributed by atoms with van der Waals surface area (Å²) in [5, 5.41) is 6.96. The molecule has 2 aliphatic rings. The van der Waals surface area contributed by atoms with Gasteiger partial charge in [-0.25, -0.2) is 9.97 Å². The molecule has 0 spiro atoms. The maximum absolute atomic E-state index is 12.5. The fourth-order valence-electron chi connectivity index (χ4n) is 3.48. The number of nitrogens with one attached hydrogen (secondary N) is 1. The van der Waals surface area contributed by atoms with Crippen LogP contribution in [-0.2, 0) is 17.8 Å². The van der Waals surface area contributed by atoms with Gasteiger partial charge >= 0.3 is 0 Å². The van der Waals surface area contributed by atoms with Crippen molar-refractivity contribution in [2.45, 2.75) is 51.7 Å². The summed E-state index contributed by atoms with van der Waals surface area (Å²) in [4.78, 5) is 23.9. The van der Waals surface area contributed by atoms with Gasteiger partial charge in [0.05, 0.1) is 18.9 Å². The van der Waals surface area contributed by atoms with Crippen molar-refractivity contribution in [3.63, 3.8) is 0 Å². The lowest BCUT2D eigenvalue weighted by Gasteiger charge is -2.33. The van der Waals surface area contributed by atoms with Crippen LogP contribution in [0, 0.1) is 0 Å². The Morgan fingerprint density at radius 2 is 2.30 bits per heavy atom. The Morgan fingerprint density at radius 1 is 1.41 bits per heavy atom. The van der Waals surface area contributed by atoms with E-state index < -0.39 is 0 Å². The lowest BCUT2D eigenvalue weighted by atomic mass is 10.1. The van der Waals surface area contributed by atoms with Gasteiger partial charge in [0.25, 0.3) is 5.91 Å². The molecule has 0 saturated carbocycles. The molecule has 2 aromatic rings. The zero-order valence-electron chi connectivity index (χ0n) is 15.8. The molecule has 1 N–H and O–H groups in total. The molecule has 1 amide bonds. The largest absolute Gasteiger partial charge is 0.376 e. The molecule has 0 bridgehead atoms. The van der Waals surface area contributed by atoms with Crippen LogP contribution in [0.5, 0.6) is 0 Å². The summed E-state index contributed by atoms with van der Waals surface area (Å²) >= 11 is 0. The van der Waals surface area contributed by atoms with Crippen molar-refractivity contribution >= 4 is 11.9 Å². The number of carbonyl (C=O) groups excluding carboxylic acids is 1. The lowest BCUT2D eigenvalue weighted by molar-refractivity contribution is 0.0923. The average molecular weight is 371 g/mol. The van der Waals surface area contributed by atoms with Gasteiger partial charge in [-0.05, 0) is 12.8 Å². The first-order valence-corrected chi connectivity index (χ1v) is 9.55. The number of nitrogens with zero attached hydrogens (tertiary/aromatic N) is 4. The van der Waals surface area contributed by atoms with Gasteiger partial charge in [0, 0.05) is 49.3 Å². The summed E-state index contributed by atoms with van der Waals surface area (Å²) in [6, 6.07) is 1.75. The minimum Gasteiger partial charge on any atom is -0.376 e. The van der Waals surface area contributed by atoms with Crippen LogP contribution in [0.1, 0.15) is 60.1 Å². The monoisotopic (exact) mass is 371 g/mol. The number of fused-ring (bicyclic) bond motifs is 1. The van der Waals surface area contributed by atoms with Crippen molar-refractivity contribution in [1.82, 2.24) is 20.4 Å². The molecule has 0 unspecified atom stereocenters. The van der Waals surface area contributed by atoms with Crippen LogP contribution >= 0.6 is 0 Å². The first-order valence-electron chi connectivity index (χ1n) is 9.55. The van der Waals surface area contributed by atoms with Crippen LogP contribution in [0.25, 0.3) is 0 Å². The molecule has 0 radical (unpaired) electrons. The Bertz CT molecular complexity index is 819. The molecule has 0 aliphatic carbocycles. The molecule has 1 saturated heterocycles. The van der Waals surface area contributed by atoms with E-state index in [-0.39, 0.29) is 17.9 Å². The molecular weight excluding hydrogens is 346 g/mol. The van der Waals surface area contributed by atoms with E-state index in [4.69, 9.17) is 14.2 Å². The van der Waals surface area contributed by atoms with Gasteiger partial charge in [0.2, 0.25) is 5.95 Å². The number of carbonyl (C=O) groups is 1. The molecular formula is C19H25N5O3. The third-order valence-corrected chi connectivity index (χ3v) is 5.05. The fourth-order valence-corrected chi connectivity index (χ4v) is 3.48. The summed E-state index contributed by atoms with van der Waals surface area (Å²) in [5.74, 6) is 1.46. The van der Waals surface area contributed by atoms with Crippen molar-refractivity contribution in [3.8, 4) is 0 Å². The van der Waals surface area contributed by atoms with E-state index in [1.54, 1.807) is 6.07 Å². The number of amides is 1. The van der Waals surface area contributed by atoms with Crippen molar-refractivity contribution in [2.75, 3.05) is 24.6 Å². The minimum atomic E-state index is -0.194. The van der Waals surface area contributed by atoms with Gasteiger partial charge in [-0.15, -0.1) is 0 Å². The first kappa shape index (κ1) is 17.9. The maximum atomic E-state index is 12.5. The Labute approximate surface area is 158 Å². The van der Waals surface area contributed by atoms with E-state index in [1.165, 1.54) is 0 Å². The molecule has 8 nitrogen and oxygen atoms in total. The molecule has 8 heteroatoms. The number of rotatable bonds is 4. The summed E-state index contributed by atoms with van der Waals surface area (Å²) in [7, 11) is 0. The van der Waals surface area contributed by atoms with Crippen molar-refractivity contribution in [1.29, 1.82) is 0 Å². The molecule has 1 fully saturated rings. The van der Waals surface area contributed by atoms with Gasteiger partial charge in [-0.3, -0.25) is 4.79 Å². The highest BCUT2D eigenvalue weighted by atomic mass is 16.5. The van der Waals surface area contributed by atoms with Crippen LogP contribution in [0.3, 0.4) is 0 Å². The molecule has 144 valence electrons.